The third-order valence-electron chi connectivity index (χ3n) is 2.45. The van der Waals surface area contributed by atoms with Gasteiger partial charge in [-0.05, 0) is 37.1 Å². The topological polar surface area (TPSA) is 46.2 Å². The monoisotopic (exact) mass is 241 g/mol. The number of rotatable bonds is 3. The molecule has 0 radical (unpaired) electrons. The van der Waals surface area contributed by atoms with Crippen molar-refractivity contribution in [2.24, 2.45) is 0 Å². The fraction of sp³-hybridized carbons (Fsp3) is 0.273. The van der Waals surface area contributed by atoms with E-state index in [4.69, 9.17) is 0 Å². The molecule has 0 amide bonds. The Morgan fingerprint density at radius 2 is 1.69 bits per heavy atom. The molecule has 2 rings (SSSR count). The van der Waals surface area contributed by atoms with Crippen molar-refractivity contribution in [3.8, 4) is 0 Å². The molecular formula is C11H12FNO2S. The van der Waals surface area contributed by atoms with Crippen molar-refractivity contribution in [1.82, 2.24) is 4.72 Å². The first-order chi connectivity index (χ1) is 7.58. The van der Waals surface area contributed by atoms with Gasteiger partial charge >= 0.3 is 0 Å². The van der Waals surface area contributed by atoms with Crippen molar-refractivity contribution in [1.29, 1.82) is 0 Å². The molecule has 1 aliphatic rings. The van der Waals surface area contributed by atoms with Crippen LogP contribution in [0.15, 0.2) is 41.3 Å². The van der Waals surface area contributed by atoms with Gasteiger partial charge in [-0.2, -0.15) is 0 Å². The quantitative estimate of drug-likeness (QED) is 0.820. The van der Waals surface area contributed by atoms with Gasteiger partial charge in [0, 0.05) is 6.04 Å². The molecule has 0 spiro atoms. The van der Waals surface area contributed by atoms with E-state index in [9.17, 15) is 12.8 Å². The van der Waals surface area contributed by atoms with Crippen LogP contribution < -0.4 is 4.72 Å². The van der Waals surface area contributed by atoms with Gasteiger partial charge in [-0.15, -0.1) is 0 Å². The molecule has 0 aliphatic heterocycles. The van der Waals surface area contributed by atoms with Crippen LogP contribution in [0, 0.1) is 5.82 Å². The molecule has 0 fully saturated rings. The van der Waals surface area contributed by atoms with Crippen LogP contribution in [0.4, 0.5) is 4.39 Å². The van der Waals surface area contributed by atoms with E-state index in [0.29, 0.717) is 12.8 Å². The summed E-state index contributed by atoms with van der Waals surface area (Å²) in [4.78, 5) is 0.0980. The van der Waals surface area contributed by atoms with Crippen molar-refractivity contribution >= 4 is 10.0 Å². The summed E-state index contributed by atoms with van der Waals surface area (Å²) >= 11 is 0. The van der Waals surface area contributed by atoms with E-state index in [1.807, 2.05) is 12.2 Å². The maximum Gasteiger partial charge on any atom is 0.240 e. The third kappa shape index (κ3) is 2.48. The summed E-state index contributed by atoms with van der Waals surface area (Å²) in [6, 6.07) is 4.73. The summed E-state index contributed by atoms with van der Waals surface area (Å²) in [5.41, 5.74) is 0. The lowest BCUT2D eigenvalue weighted by Gasteiger charge is -2.12. The molecule has 5 heteroatoms. The Morgan fingerprint density at radius 1 is 1.12 bits per heavy atom. The zero-order chi connectivity index (χ0) is 11.6. The van der Waals surface area contributed by atoms with Gasteiger partial charge in [0.2, 0.25) is 10.0 Å². The zero-order valence-electron chi connectivity index (χ0n) is 8.56. The molecule has 0 unspecified atom stereocenters. The van der Waals surface area contributed by atoms with Crippen molar-refractivity contribution in [2.45, 2.75) is 23.8 Å². The van der Waals surface area contributed by atoms with Crippen LogP contribution in [-0.4, -0.2) is 14.5 Å². The Hall–Kier alpha value is -1.20. The number of nitrogens with one attached hydrogen (secondary N) is 1. The predicted octanol–water partition coefficient (Wildman–Crippen LogP) is 1.82. The van der Waals surface area contributed by atoms with E-state index in [1.54, 1.807) is 0 Å². The molecular weight excluding hydrogens is 229 g/mol. The minimum absolute atomic E-state index is 0.0740. The van der Waals surface area contributed by atoms with E-state index in [-0.39, 0.29) is 10.9 Å². The van der Waals surface area contributed by atoms with Crippen LogP contribution in [-0.2, 0) is 10.0 Å². The van der Waals surface area contributed by atoms with E-state index in [0.717, 1.165) is 12.1 Å². The second-order valence-electron chi connectivity index (χ2n) is 3.71. The smallest absolute Gasteiger partial charge is 0.207 e. The van der Waals surface area contributed by atoms with Crippen LogP contribution in [0.2, 0.25) is 0 Å². The molecule has 1 aromatic carbocycles. The molecule has 0 aromatic heterocycles. The normalized spacial score (nSPS) is 16.8. The maximum absolute atomic E-state index is 12.7. The Labute approximate surface area is 94.0 Å². The Morgan fingerprint density at radius 3 is 2.25 bits per heavy atom. The molecule has 86 valence electrons. The molecule has 0 saturated heterocycles. The van der Waals surface area contributed by atoms with Gasteiger partial charge in [-0.1, -0.05) is 12.2 Å². The molecule has 0 bridgehead atoms. The second-order valence-corrected chi connectivity index (χ2v) is 5.43. The fourth-order valence-corrected chi connectivity index (χ4v) is 2.88. The standard InChI is InChI=1S/C11H12FNO2S/c12-9-5-7-11(8-6-9)16(14,15)13-10-3-1-2-4-10/h1-2,5-8,10,13H,3-4H2. The Kier molecular flexibility index (Phi) is 3.07. The highest BCUT2D eigenvalue weighted by molar-refractivity contribution is 7.89. The van der Waals surface area contributed by atoms with Crippen LogP contribution in [0.5, 0.6) is 0 Å². The average Bonchev–Trinajstić information content (AvgIpc) is 2.70. The number of benzene rings is 1. The molecule has 3 nitrogen and oxygen atoms in total. The average molecular weight is 241 g/mol. The number of sulfonamides is 1. The summed E-state index contributed by atoms with van der Waals surface area (Å²) in [6.45, 7) is 0. The lowest BCUT2D eigenvalue weighted by Crippen LogP contribution is -2.32. The van der Waals surface area contributed by atoms with E-state index >= 15 is 0 Å². The molecule has 1 aliphatic carbocycles. The first kappa shape index (κ1) is 11.3. The van der Waals surface area contributed by atoms with Crippen LogP contribution in [0.25, 0.3) is 0 Å². The van der Waals surface area contributed by atoms with E-state index in [1.165, 1.54) is 12.1 Å². The highest BCUT2D eigenvalue weighted by Crippen LogP contribution is 2.15. The van der Waals surface area contributed by atoms with Gasteiger partial charge in [-0.3, -0.25) is 0 Å². The van der Waals surface area contributed by atoms with Crippen molar-refractivity contribution < 1.29 is 12.8 Å². The number of hydrogen-bond donors (Lipinski definition) is 1. The first-order valence-corrected chi connectivity index (χ1v) is 6.49. The SMILES string of the molecule is O=S(=O)(NC1CC=CC1)c1ccc(F)cc1. The lowest BCUT2D eigenvalue weighted by atomic mass is 10.3. The fourth-order valence-electron chi connectivity index (χ4n) is 1.61. The summed E-state index contributed by atoms with van der Waals surface area (Å²) < 4.78 is 38.9. The maximum atomic E-state index is 12.7. The van der Waals surface area contributed by atoms with Gasteiger partial charge in [-0.25, -0.2) is 17.5 Å². The molecule has 0 saturated carbocycles. The molecule has 0 atom stereocenters. The summed E-state index contributed by atoms with van der Waals surface area (Å²) in [5, 5.41) is 0. The Balaban J connectivity index is 2.15. The zero-order valence-corrected chi connectivity index (χ0v) is 9.37. The van der Waals surface area contributed by atoms with Crippen molar-refractivity contribution in [3.05, 3.63) is 42.2 Å². The van der Waals surface area contributed by atoms with Crippen LogP contribution in [0.1, 0.15) is 12.8 Å². The molecule has 0 heterocycles. The van der Waals surface area contributed by atoms with Crippen molar-refractivity contribution in [2.75, 3.05) is 0 Å². The van der Waals surface area contributed by atoms with Gasteiger partial charge in [0.15, 0.2) is 0 Å². The van der Waals surface area contributed by atoms with Gasteiger partial charge < -0.3 is 0 Å². The molecule has 16 heavy (non-hydrogen) atoms. The lowest BCUT2D eigenvalue weighted by molar-refractivity contribution is 0.557. The predicted molar refractivity (Wildman–Crippen MR) is 58.9 cm³/mol. The Bertz CT molecular complexity index is 485. The van der Waals surface area contributed by atoms with Crippen LogP contribution >= 0.6 is 0 Å². The second kappa shape index (κ2) is 4.35. The highest BCUT2D eigenvalue weighted by atomic mass is 32.2. The van der Waals surface area contributed by atoms with Crippen LogP contribution in [0.3, 0.4) is 0 Å². The minimum atomic E-state index is -3.52. The third-order valence-corrected chi connectivity index (χ3v) is 3.99. The van der Waals surface area contributed by atoms with Gasteiger partial charge in [0.25, 0.3) is 0 Å². The first-order valence-electron chi connectivity index (χ1n) is 5.01. The number of halogens is 1. The summed E-state index contributed by atoms with van der Waals surface area (Å²) in [7, 11) is -3.52. The minimum Gasteiger partial charge on any atom is -0.207 e. The largest absolute Gasteiger partial charge is 0.240 e. The number of hydrogen-bond acceptors (Lipinski definition) is 2. The van der Waals surface area contributed by atoms with Gasteiger partial charge in [0.05, 0.1) is 4.90 Å². The molecule has 1 N–H and O–H groups in total. The van der Waals surface area contributed by atoms with E-state index in [2.05, 4.69) is 4.72 Å². The van der Waals surface area contributed by atoms with E-state index < -0.39 is 15.8 Å². The molecule has 1 aromatic rings. The van der Waals surface area contributed by atoms with Gasteiger partial charge in [0.1, 0.15) is 5.82 Å². The highest BCUT2D eigenvalue weighted by Gasteiger charge is 2.20. The summed E-state index contributed by atoms with van der Waals surface area (Å²) in [6.07, 6.45) is 5.30. The summed E-state index contributed by atoms with van der Waals surface area (Å²) in [5.74, 6) is -0.443. The van der Waals surface area contributed by atoms with Crippen molar-refractivity contribution in [3.63, 3.8) is 0 Å².